The van der Waals surface area contributed by atoms with Crippen LogP contribution in [0.15, 0.2) is 24.5 Å². The van der Waals surface area contributed by atoms with Crippen molar-refractivity contribution in [3.8, 4) is 11.4 Å². The third-order valence-corrected chi connectivity index (χ3v) is 3.18. The number of amides is 1. The number of pyridine rings is 1. The second-order valence-electron chi connectivity index (χ2n) is 4.91. The number of aryl methyl sites for hydroxylation is 1. The smallest absolute Gasteiger partial charge is 0.233 e. The van der Waals surface area contributed by atoms with Crippen LogP contribution in [0.4, 0.5) is 0 Å². The molecule has 0 radical (unpaired) electrons. The molecule has 0 atom stereocenters. The summed E-state index contributed by atoms with van der Waals surface area (Å²) in [6.07, 6.45) is 7.47. The van der Waals surface area contributed by atoms with Gasteiger partial charge >= 0.3 is 0 Å². The van der Waals surface area contributed by atoms with Crippen molar-refractivity contribution >= 4 is 30.7 Å². The number of hydrogen-bond donors (Lipinski definition) is 2. The van der Waals surface area contributed by atoms with Gasteiger partial charge in [0.25, 0.3) is 0 Å². The molecule has 1 amide bonds. The first kappa shape index (κ1) is 22.2. The van der Waals surface area contributed by atoms with E-state index in [0.717, 1.165) is 37.8 Å². The van der Waals surface area contributed by atoms with E-state index < -0.39 is 0 Å². The van der Waals surface area contributed by atoms with E-state index in [9.17, 15) is 4.79 Å². The van der Waals surface area contributed by atoms with Crippen molar-refractivity contribution in [2.24, 2.45) is 5.73 Å². The van der Waals surface area contributed by atoms with Crippen molar-refractivity contribution in [3.63, 3.8) is 0 Å². The second-order valence-corrected chi connectivity index (χ2v) is 4.91. The summed E-state index contributed by atoms with van der Waals surface area (Å²) in [7, 11) is 0. The van der Waals surface area contributed by atoms with Gasteiger partial charge < -0.3 is 11.1 Å². The molecule has 2 aromatic rings. The molecular formula is C14H23Cl2N7O. The van der Waals surface area contributed by atoms with E-state index >= 15 is 0 Å². The molecule has 0 unspecified atom stereocenters. The van der Waals surface area contributed by atoms with Crippen LogP contribution in [-0.4, -0.2) is 44.2 Å². The summed E-state index contributed by atoms with van der Waals surface area (Å²) in [6, 6.07) is 3.72. The van der Waals surface area contributed by atoms with Crippen LogP contribution in [0.1, 0.15) is 25.7 Å². The molecular weight excluding hydrogens is 353 g/mol. The number of rotatable bonds is 9. The highest BCUT2D eigenvalue weighted by atomic mass is 35.5. The summed E-state index contributed by atoms with van der Waals surface area (Å²) >= 11 is 0. The Morgan fingerprint density at radius 1 is 1.12 bits per heavy atom. The summed E-state index contributed by atoms with van der Waals surface area (Å²) < 4.78 is 0. The van der Waals surface area contributed by atoms with Gasteiger partial charge in [-0.2, -0.15) is 4.80 Å². The summed E-state index contributed by atoms with van der Waals surface area (Å²) in [5.41, 5.74) is 6.12. The van der Waals surface area contributed by atoms with Crippen LogP contribution in [0.3, 0.4) is 0 Å². The zero-order valence-corrected chi connectivity index (χ0v) is 14.9. The van der Waals surface area contributed by atoms with Gasteiger partial charge in [0.15, 0.2) is 0 Å². The van der Waals surface area contributed by atoms with Gasteiger partial charge in [-0.15, -0.1) is 35.0 Å². The average Bonchev–Trinajstić information content (AvgIpc) is 3.03. The predicted molar refractivity (Wildman–Crippen MR) is 96.1 cm³/mol. The number of nitrogens with one attached hydrogen (secondary N) is 1. The fourth-order valence-corrected chi connectivity index (χ4v) is 1.99. The van der Waals surface area contributed by atoms with E-state index in [0.29, 0.717) is 12.4 Å². The van der Waals surface area contributed by atoms with E-state index in [4.69, 9.17) is 5.73 Å². The van der Waals surface area contributed by atoms with Crippen LogP contribution in [0.5, 0.6) is 0 Å². The van der Waals surface area contributed by atoms with Crippen LogP contribution in [0.25, 0.3) is 11.4 Å². The van der Waals surface area contributed by atoms with Crippen LogP contribution in [0, 0.1) is 0 Å². The number of carbonyl (C=O) groups is 1. The van der Waals surface area contributed by atoms with Crippen LogP contribution < -0.4 is 11.1 Å². The lowest BCUT2D eigenvalue weighted by molar-refractivity contribution is -0.119. The van der Waals surface area contributed by atoms with Crippen molar-refractivity contribution < 1.29 is 4.79 Å². The molecule has 2 heterocycles. The van der Waals surface area contributed by atoms with Gasteiger partial charge in [0.2, 0.25) is 11.7 Å². The molecule has 0 aliphatic heterocycles. The average molecular weight is 376 g/mol. The lowest BCUT2D eigenvalue weighted by Crippen LogP contribution is -2.30. The van der Waals surface area contributed by atoms with Gasteiger partial charge in [0.1, 0.15) is 0 Å². The Kier molecular flexibility index (Phi) is 11.7. The number of tetrazole rings is 1. The van der Waals surface area contributed by atoms with Crippen LogP contribution >= 0.6 is 24.8 Å². The summed E-state index contributed by atoms with van der Waals surface area (Å²) in [6.45, 7) is 1.48. The molecule has 0 spiro atoms. The minimum atomic E-state index is -0.101. The van der Waals surface area contributed by atoms with Crippen molar-refractivity contribution in [1.29, 1.82) is 0 Å². The van der Waals surface area contributed by atoms with Crippen molar-refractivity contribution in [2.75, 3.05) is 13.1 Å². The summed E-state index contributed by atoms with van der Waals surface area (Å²) in [5, 5.41) is 15.2. The molecule has 0 saturated carbocycles. The Hall–Kier alpha value is -1.77. The first-order valence-electron chi connectivity index (χ1n) is 7.44. The lowest BCUT2D eigenvalue weighted by Gasteiger charge is -2.03. The fourth-order valence-electron chi connectivity index (χ4n) is 1.99. The van der Waals surface area contributed by atoms with Gasteiger partial charge in [-0.3, -0.25) is 9.78 Å². The quantitative estimate of drug-likeness (QED) is 0.637. The second kappa shape index (κ2) is 12.6. The summed E-state index contributed by atoms with van der Waals surface area (Å²) in [5.74, 6) is 0.516. The number of halogens is 2. The minimum absolute atomic E-state index is 0. The SMILES string of the molecule is Cl.Cl.NCC(=O)NCCCCCCn1nnc(-c2ccncc2)n1. The number of carbonyl (C=O) groups excluding carboxylic acids is 1. The van der Waals surface area contributed by atoms with Gasteiger partial charge in [0.05, 0.1) is 13.1 Å². The molecule has 8 nitrogen and oxygen atoms in total. The third-order valence-electron chi connectivity index (χ3n) is 3.18. The minimum Gasteiger partial charge on any atom is -0.355 e. The topological polar surface area (TPSA) is 112 Å². The number of unbranched alkanes of at least 4 members (excludes halogenated alkanes) is 3. The Labute approximate surface area is 153 Å². The molecule has 0 saturated heterocycles. The maximum atomic E-state index is 10.9. The zero-order chi connectivity index (χ0) is 15.6. The highest BCUT2D eigenvalue weighted by molar-refractivity contribution is 5.85. The highest BCUT2D eigenvalue weighted by Crippen LogP contribution is 2.11. The van der Waals surface area contributed by atoms with Gasteiger partial charge in [-0.25, -0.2) is 0 Å². The maximum Gasteiger partial charge on any atom is 0.233 e. The number of aromatic nitrogens is 5. The molecule has 24 heavy (non-hydrogen) atoms. The molecule has 0 fully saturated rings. The summed E-state index contributed by atoms with van der Waals surface area (Å²) in [4.78, 5) is 16.5. The van der Waals surface area contributed by atoms with Crippen LogP contribution in [-0.2, 0) is 11.3 Å². The van der Waals surface area contributed by atoms with Crippen molar-refractivity contribution in [3.05, 3.63) is 24.5 Å². The highest BCUT2D eigenvalue weighted by Gasteiger charge is 2.04. The molecule has 2 aromatic heterocycles. The monoisotopic (exact) mass is 375 g/mol. The molecule has 0 aliphatic carbocycles. The number of nitrogens with two attached hydrogens (primary N) is 1. The first-order chi connectivity index (χ1) is 10.8. The first-order valence-corrected chi connectivity index (χ1v) is 7.44. The van der Waals surface area contributed by atoms with Gasteiger partial charge in [-0.05, 0) is 30.2 Å². The Morgan fingerprint density at radius 3 is 2.54 bits per heavy atom. The molecule has 2 rings (SSSR count). The number of nitrogens with zero attached hydrogens (tertiary/aromatic N) is 5. The Morgan fingerprint density at radius 2 is 1.83 bits per heavy atom. The third kappa shape index (κ3) is 7.67. The lowest BCUT2D eigenvalue weighted by atomic mass is 10.2. The normalized spacial score (nSPS) is 9.71. The zero-order valence-electron chi connectivity index (χ0n) is 13.3. The maximum absolute atomic E-state index is 10.9. The molecule has 134 valence electrons. The van der Waals surface area contributed by atoms with Crippen molar-refractivity contribution in [2.45, 2.75) is 32.2 Å². The Balaban J connectivity index is 0.00000264. The molecule has 10 heteroatoms. The predicted octanol–water partition coefficient (Wildman–Crippen LogP) is 1.21. The van der Waals surface area contributed by atoms with Gasteiger partial charge in [-0.1, -0.05) is 12.8 Å². The van der Waals surface area contributed by atoms with Gasteiger partial charge in [0, 0.05) is 24.5 Å². The largest absolute Gasteiger partial charge is 0.355 e. The number of hydrogen-bond acceptors (Lipinski definition) is 6. The van der Waals surface area contributed by atoms with Crippen molar-refractivity contribution in [1.82, 2.24) is 30.5 Å². The van der Waals surface area contributed by atoms with E-state index in [1.54, 1.807) is 17.2 Å². The van der Waals surface area contributed by atoms with E-state index in [1.165, 1.54) is 0 Å². The van der Waals surface area contributed by atoms with Crippen LogP contribution in [0.2, 0.25) is 0 Å². The standard InChI is InChI=1S/C14H21N7O.2ClH/c15-11-13(22)17-7-3-1-2-4-10-21-19-14(18-20-21)12-5-8-16-9-6-12;;/h5-6,8-9H,1-4,7,10-11,15H2,(H,17,22);2*1H. The molecule has 3 N–H and O–H groups in total. The van der Waals surface area contributed by atoms with E-state index in [-0.39, 0.29) is 37.3 Å². The molecule has 0 aromatic carbocycles. The Bertz CT molecular complexity index is 580. The van der Waals surface area contributed by atoms with E-state index in [1.807, 2.05) is 12.1 Å². The molecule has 0 aliphatic rings. The van der Waals surface area contributed by atoms with E-state index in [2.05, 4.69) is 25.7 Å². The molecule has 0 bridgehead atoms. The fraction of sp³-hybridized carbons (Fsp3) is 0.500.